The van der Waals surface area contributed by atoms with E-state index in [1.807, 2.05) is 12.1 Å². The van der Waals surface area contributed by atoms with Crippen molar-refractivity contribution in [3.05, 3.63) is 47.0 Å². The summed E-state index contributed by atoms with van der Waals surface area (Å²) in [5.41, 5.74) is 1.73. The standard InChI is InChI=1S/C16H20N4O2/c1-22-9-8-19-10-13(11-19)12-20-16(21)3-2-15(18-20)14-4-6-17-7-5-14/h2-7,13H,8-12H2,1H3. The molecule has 2 aromatic heterocycles. The fourth-order valence-corrected chi connectivity index (χ4v) is 2.70. The Morgan fingerprint density at radius 2 is 2.00 bits per heavy atom. The first-order chi connectivity index (χ1) is 10.8. The Balaban J connectivity index is 1.66. The maximum absolute atomic E-state index is 12.0. The zero-order valence-corrected chi connectivity index (χ0v) is 12.7. The number of likely N-dealkylation sites (tertiary alicyclic amines) is 1. The quantitative estimate of drug-likeness (QED) is 0.793. The number of methoxy groups -OCH3 is 1. The van der Waals surface area contributed by atoms with Crippen molar-refractivity contribution in [1.29, 1.82) is 0 Å². The van der Waals surface area contributed by atoms with Gasteiger partial charge >= 0.3 is 0 Å². The summed E-state index contributed by atoms with van der Waals surface area (Å²) in [4.78, 5) is 18.3. The summed E-state index contributed by atoms with van der Waals surface area (Å²) in [6.45, 7) is 4.37. The van der Waals surface area contributed by atoms with E-state index in [0.29, 0.717) is 12.5 Å². The van der Waals surface area contributed by atoms with Crippen molar-refractivity contribution in [3.8, 4) is 11.3 Å². The third-order valence-electron chi connectivity index (χ3n) is 3.92. The van der Waals surface area contributed by atoms with E-state index in [4.69, 9.17) is 4.74 Å². The van der Waals surface area contributed by atoms with Gasteiger partial charge in [-0.05, 0) is 18.2 Å². The summed E-state index contributed by atoms with van der Waals surface area (Å²) in [6.07, 6.45) is 3.46. The SMILES string of the molecule is COCCN1CC(Cn2nc(-c3ccncc3)ccc2=O)C1. The molecule has 1 aliphatic rings. The van der Waals surface area contributed by atoms with E-state index < -0.39 is 0 Å². The second-order valence-corrected chi connectivity index (χ2v) is 5.59. The molecule has 22 heavy (non-hydrogen) atoms. The molecule has 0 bridgehead atoms. The Morgan fingerprint density at radius 3 is 2.73 bits per heavy atom. The lowest BCUT2D eigenvalue weighted by Gasteiger charge is -2.39. The molecule has 3 rings (SSSR count). The average Bonchev–Trinajstić information content (AvgIpc) is 2.52. The van der Waals surface area contributed by atoms with Gasteiger partial charge in [0.05, 0.1) is 18.8 Å². The lowest BCUT2D eigenvalue weighted by molar-refractivity contribution is 0.0542. The van der Waals surface area contributed by atoms with Crippen LogP contribution in [0.15, 0.2) is 41.5 Å². The molecule has 0 aromatic carbocycles. The van der Waals surface area contributed by atoms with Crippen LogP contribution < -0.4 is 5.56 Å². The molecular formula is C16H20N4O2. The van der Waals surface area contributed by atoms with Gasteiger partial charge in [0.1, 0.15) is 0 Å². The molecule has 0 spiro atoms. The molecule has 0 atom stereocenters. The van der Waals surface area contributed by atoms with E-state index in [1.165, 1.54) is 0 Å². The molecule has 0 saturated carbocycles. The lowest BCUT2D eigenvalue weighted by atomic mass is 10.0. The zero-order chi connectivity index (χ0) is 15.4. The van der Waals surface area contributed by atoms with Gasteiger partial charge in [-0.3, -0.25) is 9.78 Å². The topological polar surface area (TPSA) is 60.2 Å². The van der Waals surface area contributed by atoms with Crippen LogP contribution in [0.1, 0.15) is 0 Å². The highest BCUT2D eigenvalue weighted by Crippen LogP contribution is 2.17. The first kappa shape index (κ1) is 14.9. The maximum atomic E-state index is 12.0. The summed E-state index contributed by atoms with van der Waals surface area (Å²) in [7, 11) is 1.71. The van der Waals surface area contributed by atoms with Crippen molar-refractivity contribution in [1.82, 2.24) is 19.7 Å². The van der Waals surface area contributed by atoms with E-state index in [0.717, 1.165) is 37.5 Å². The van der Waals surface area contributed by atoms with E-state index in [2.05, 4.69) is 15.0 Å². The molecule has 1 aliphatic heterocycles. The normalized spacial score (nSPS) is 15.7. The third kappa shape index (κ3) is 3.40. The molecule has 3 heterocycles. The van der Waals surface area contributed by atoms with Crippen LogP contribution in [0.3, 0.4) is 0 Å². The number of ether oxygens (including phenoxy) is 1. The first-order valence-electron chi connectivity index (χ1n) is 7.46. The minimum absolute atomic E-state index is 0.0480. The van der Waals surface area contributed by atoms with Crippen LogP contribution in [0.25, 0.3) is 11.3 Å². The highest BCUT2D eigenvalue weighted by molar-refractivity contribution is 5.56. The molecule has 1 saturated heterocycles. The molecule has 0 amide bonds. The van der Waals surface area contributed by atoms with Crippen LogP contribution in [0.2, 0.25) is 0 Å². The van der Waals surface area contributed by atoms with E-state index in [9.17, 15) is 4.79 Å². The van der Waals surface area contributed by atoms with Gasteiger partial charge in [-0.25, -0.2) is 4.68 Å². The molecule has 116 valence electrons. The number of nitrogens with zero attached hydrogens (tertiary/aromatic N) is 4. The van der Waals surface area contributed by atoms with E-state index in [1.54, 1.807) is 36.3 Å². The predicted octanol–water partition coefficient (Wildman–Crippen LogP) is 0.883. The van der Waals surface area contributed by atoms with Gasteiger partial charge in [0.25, 0.3) is 5.56 Å². The second kappa shape index (κ2) is 6.81. The molecule has 1 fully saturated rings. The van der Waals surface area contributed by atoms with Crippen molar-refractivity contribution in [2.24, 2.45) is 5.92 Å². The van der Waals surface area contributed by atoms with Gasteiger partial charge < -0.3 is 9.64 Å². The molecule has 6 nitrogen and oxygen atoms in total. The Bertz CT molecular complexity index is 665. The number of hydrogen-bond donors (Lipinski definition) is 0. The minimum atomic E-state index is -0.0480. The van der Waals surface area contributed by atoms with Crippen LogP contribution in [-0.4, -0.2) is 53.0 Å². The first-order valence-corrected chi connectivity index (χ1v) is 7.46. The Kier molecular flexibility index (Phi) is 4.60. The summed E-state index contributed by atoms with van der Waals surface area (Å²) in [5.74, 6) is 0.481. The van der Waals surface area contributed by atoms with Crippen molar-refractivity contribution >= 4 is 0 Å². The Hall–Kier alpha value is -2.05. The van der Waals surface area contributed by atoms with Crippen LogP contribution in [0.4, 0.5) is 0 Å². The number of aromatic nitrogens is 3. The second-order valence-electron chi connectivity index (χ2n) is 5.59. The fourth-order valence-electron chi connectivity index (χ4n) is 2.70. The molecule has 6 heteroatoms. The number of hydrogen-bond acceptors (Lipinski definition) is 5. The molecule has 0 N–H and O–H groups in total. The largest absolute Gasteiger partial charge is 0.383 e. The highest BCUT2D eigenvalue weighted by Gasteiger charge is 2.26. The molecule has 0 aliphatic carbocycles. The molecule has 0 unspecified atom stereocenters. The van der Waals surface area contributed by atoms with Crippen molar-refractivity contribution in [2.45, 2.75) is 6.54 Å². The van der Waals surface area contributed by atoms with Gasteiger partial charge in [0.2, 0.25) is 0 Å². The average molecular weight is 300 g/mol. The Labute approximate surface area is 129 Å². The van der Waals surface area contributed by atoms with Gasteiger partial charge in [-0.15, -0.1) is 0 Å². The molecule has 0 radical (unpaired) electrons. The van der Waals surface area contributed by atoms with Gasteiger partial charge in [0.15, 0.2) is 0 Å². The number of rotatable bonds is 6. The van der Waals surface area contributed by atoms with Crippen molar-refractivity contribution in [3.63, 3.8) is 0 Å². The summed E-state index contributed by atoms with van der Waals surface area (Å²) >= 11 is 0. The fraction of sp³-hybridized carbons (Fsp3) is 0.438. The van der Waals surface area contributed by atoms with E-state index in [-0.39, 0.29) is 5.56 Å². The van der Waals surface area contributed by atoms with Crippen molar-refractivity contribution in [2.75, 3.05) is 33.4 Å². The molecular weight excluding hydrogens is 280 g/mol. The maximum Gasteiger partial charge on any atom is 0.266 e. The number of pyridine rings is 1. The van der Waals surface area contributed by atoms with Crippen LogP contribution in [-0.2, 0) is 11.3 Å². The summed E-state index contributed by atoms with van der Waals surface area (Å²) < 4.78 is 6.65. The third-order valence-corrected chi connectivity index (χ3v) is 3.92. The monoisotopic (exact) mass is 300 g/mol. The van der Waals surface area contributed by atoms with Gasteiger partial charge in [-0.1, -0.05) is 0 Å². The molecule has 2 aromatic rings. The summed E-state index contributed by atoms with van der Waals surface area (Å²) in [6, 6.07) is 7.14. The van der Waals surface area contributed by atoms with Gasteiger partial charge in [-0.2, -0.15) is 5.10 Å². The smallest absolute Gasteiger partial charge is 0.266 e. The lowest BCUT2D eigenvalue weighted by Crippen LogP contribution is -2.50. The zero-order valence-electron chi connectivity index (χ0n) is 12.7. The van der Waals surface area contributed by atoms with Crippen LogP contribution in [0.5, 0.6) is 0 Å². The van der Waals surface area contributed by atoms with Crippen molar-refractivity contribution < 1.29 is 4.74 Å². The highest BCUT2D eigenvalue weighted by atomic mass is 16.5. The van der Waals surface area contributed by atoms with Crippen LogP contribution in [0, 0.1) is 5.92 Å². The summed E-state index contributed by atoms with van der Waals surface area (Å²) in [5, 5.41) is 4.48. The minimum Gasteiger partial charge on any atom is -0.383 e. The van der Waals surface area contributed by atoms with E-state index >= 15 is 0 Å². The predicted molar refractivity (Wildman–Crippen MR) is 83.5 cm³/mol. The van der Waals surface area contributed by atoms with Gasteiger partial charge in [0, 0.05) is 56.7 Å². The Morgan fingerprint density at radius 1 is 1.23 bits per heavy atom. The van der Waals surface area contributed by atoms with Crippen LogP contribution >= 0.6 is 0 Å².